The summed E-state index contributed by atoms with van der Waals surface area (Å²) in [5.41, 5.74) is 5.02. The number of benzene rings is 2. The second-order valence-corrected chi connectivity index (χ2v) is 7.33. The summed E-state index contributed by atoms with van der Waals surface area (Å²) in [6.45, 7) is 0.607. The molecule has 6 heteroatoms. The van der Waals surface area contributed by atoms with E-state index in [1.54, 1.807) is 13.3 Å². The number of rotatable bonds is 3. The number of H-pyrrole nitrogens is 1. The molecule has 1 aliphatic rings. The molecule has 0 spiro atoms. The van der Waals surface area contributed by atoms with Crippen LogP contribution in [0.4, 0.5) is 10.5 Å². The lowest BCUT2D eigenvalue weighted by Crippen LogP contribution is -2.43. The highest BCUT2D eigenvalue weighted by Crippen LogP contribution is 2.38. The normalized spacial score (nSPS) is 15.6. The monoisotopic (exact) mass is 398 g/mol. The number of carbonyl (C=O) groups is 1. The molecule has 5 rings (SSSR count). The Labute approximate surface area is 174 Å². The van der Waals surface area contributed by atoms with Gasteiger partial charge in [-0.2, -0.15) is 0 Å². The van der Waals surface area contributed by atoms with E-state index in [-0.39, 0.29) is 12.1 Å². The summed E-state index contributed by atoms with van der Waals surface area (Å²) >= 11 is 0. The van der Waals surface area contributed by atoms with Crippen molar-refractivity contribution in [3.63, 3.8) is 0 Å². The Balaban J connectivity index is 1.57. The van der Waals surface area contributed by atoms with Crippen molar-refractivity contribution in [2.24, 2.45) is 0 Å². The van der Waals surface area contributed by atoms with Crippen molar-refractivity contribution in [3.05, 3.63) is 89.9 Å². The minimum absolute atomic E-state index is 0.169. The van der Waals surface area contributed by atoms with Gasteiger partial charge in [-0.1, -0.05) is 36.4 Å². The van der Waals surface area contributed by atoms with E-state index in [0.29, 0.717) is 18.0 Å². The van der Waals surface area contributed by atoms with Crippen LogP contribution in [0.15, 0.2) is 73.1 Å². The zero-order chi connectivity index (χ0) is 20.5. The number of nitrogens with zero attached hydrogens (tertiary/aromatic N) is 2. The van der Waals surface area contributed by atoms with Gasteiger partial charge in [0.25, 0.3) is 0 Å². The molecule has 0 radical (unpaired) electrons. The van der Waals surface area contributed by atoms with E-state index in [9.17, 15) is 4.79 Å². The Morgan fingerprint density at radius 1 is 1.13 bits per heavy atom. The molecule has 0 unspecified atom stereocenters. The average Bonchev–Trinajstić information content (AvgIpc) is 3.18. The number of ether oxygens (including phenoxy) is 1. The molecule has 4 aromatic rings. The number of fused-ring (bicyclic) bond motifs is 3. The summed E-state index contributed by atoms with van der Waals surface area (Å²) in [7, 11) is 1.60. The smallest absolute Gasteiger partial charge is 0.322 e. The summed E-state index contributed by atoms with van der Waals surface area (Å²) in [5.74, 6) is 0.632. The molecule has 2 aromatic heterocycles. The van der Waals surface area contributed by atoms with Crippen molar-refractivity contribution in [3.8, 4) is 5.75 Å². The van der Waals surface area contributed by atoms with Gasteiger partial charge >= 0.3 is 6.03 Å². The fraction of sp³-hybridized carbons (Fsp3) is 0.167. The Hall–Kier alpha value is -3.80. The molecule has 0 fully saturated rings. The molecule has 2 amide bonds. The van der Waals surface area contributed by atoms with Gasteiger partial charge in [0.1, 0.15) is 11.8 Å². The minimum Gasteiger partial charge on any atom is -0.495 e. The Morgan fingerprint density at radius 3 is 2.80 bits per heavy atom. The highest BCUT2D eigenvalue weighted by atomic mass is 16.5. The van der Waals surface area contributed by atoms with Gasteiger partial charge in [-0.15, -0.1) is 0 Å². The first-order valence-corrected chi connectivity index (χ1v) is 9.96. The zero-order valence-electron chi connectivity index (χ0n) is 16.6. The molecule has 0 saturated heterocycles. The van der Waals surface area contributed by atoms with E-state index in [4.69, 9.17) is 4.74 Å². The third kappa shape index (κ3) is 3.06. The maximum absolute atomic E-state index is 13.4. The molecule has 1 aliphatic heterocycles. The minimum atomic E-state index is -0.246. The fourth-order valence-electron chi connectivity index (χ4n) is 4.28. The molecule has 0 bridgehead atoms. The van der Waals surface area contributed by atoms with E-state index in [1.807, 2.05) is 53.6 Å². The lowest BCUT2D eigenvalue weighted by molar-refractivity contribution is 0.193. The number of aromatic amines is 1. The first kappa shape index (κ1) is 18.2. The highest BCUT2D eigenvalue weighted by Gasteiger charge is 2.34. The number of hydrogen-bond donors (Lipinski definition) is 2. The summed E-state index contributed by atoms with van der Waals surface area (Å²) in [4.78, 5) is 23.1. The number of hydrogen-bond acceptors (Lipinski definition) is 3. The lowest BCUT2D eigenvalue weighted by atomic mass is 9.93. The number of aromatic nitrogens is 2. The Morgan fingerprint density at radius 2 is 1.97 bits per heavy atom. The summed E-state index contributed by atoms with van der Waals surface area (Å²) in [5, 5.41) is 4.24. The average molecular weight is 398 g/mol. The van der Waals surface area contributed by atoms with E-state index in [0.717, 1.165) is 23.2 Å². The summed E-state index contributed by atoms with van der Waals surface area (Å²) in [6.07, 6.45) is 4.36. The second kappa shape index (κ2) is 7.55. The predicted molar refractivity (Wildman–Crippen MR) is 117 cm³/mol. The van der Waals surface area contributed by atoms with Gasteiger partial charge in [-0.25, -0.2) is 4.79 Å². The van der Waals surface area contributed by atoms with Gasteiger partial charge in [-0.05, 0) is 41.8 Å². The molecular formula is C24H22N4O2. The van der Waals surface area contributed by atoms with Crippen LogP contribution in [0.5, 0.6) is 5.75 Å². The van der Waals surface area contributed by atoms with E-state index in [1.165, 1.54) is 10.9 Å². The van der Waals surface area contributed by atoms with Gasteiger partial charge in [0.05, 0.1) is 12.8 Å². The van der Waals surface area contributed by atoms with E-state index < -0.39 is 0 Å². The number of amides is 2. The van der Waals surface area contributed by atoms with Gasteiger partial charge in [0.2, 0.25) is 0 Å². The molecule has 1 atom stereocenters. The second-order valence-electron chi connectivity index (χ2n) is 7.33. The van der Waals surface area contributed by atoms with Crippen LogP contribution in [-0.4, -0.2) is 34.6 Å². The molecule has 2 N–H and O–H groups in total. The lowest BCUT2D eigenvalue weighted by Gasteiger charge is -2.36. The van der Waals surface area contributed by atoms with Crippen molar-refractivity contribution in [2.75, 3.05) is 19.0 Å². The van der Waals surface area contributed by atoms with Crippen LogP contribution >= 0.6 is 0 Å². The zero-order valence-corrected chi connectivity index (χ0v) is 16.6. The van der Waals surface area contributed by atoms with Crippen molar-refractivity contribution >= 4 is 22.6 Å². The third-order valence-electron chi connectivity index (χ3n) is 5.64. The van der Waals surface area contributed by atoms with Crippen LogP contribution in [0.3, 0.4) is 0 Å². The van der Waals surface area contributed by atoms with Crippen LogP contribution in [-0.2, 0) is 6.42 Å². The van der Waals surface area contributed by atoms with Gasteiger partial charge in [0.15, 0.2) is 0 Å². The van der Waals surface area contributed by atoms with Crippen molar-refractivity contribution < 1.29 is 9.53 Å². The number of methoxy groups -OCH3 is 1. The molecule has 2 aromatic carbocycles. The van der Waals surface area contributed by atoms with Crippen LogP contribution in [0.25, 0.3) is 10.9 Å². The molecular weight excluding hydrogens is 376 g/mol. The van der Waals surface area contributed by atoms with Crippen molar-refractivity contribution in [1.29, 1.82) is 0 Å². The maximum Gasteiger partial charge on any atom is 0.322 e. The standard InChI is InChI=1S/C24H22N4O2/c1-30-21-11-5-4-10-20(21)27-24(29)28-14-12-18-17-8-2-3-9-19(17)26-22(18)23(28)16-7-6-13-25-15-16/h2-11,13,15,23,26H,12,14H2,1H3,(H,27,29)/t23-/m0/s1. The summed E-state index contributed by atoms with van der Waals surface area (Å²) < 4.78 is 5.39. The largest absolute Gasteiger partial charge is 0.495 e. The van der Waals surface area contributed by atoms with E-state index >= 15 is 0 Å². The maximum atomic E-state index is 13.4. The van der Waals surface area contributed by atoms with E-state index in [2.05, 4.69) is 33.5 Å². The Kier molecular flexibility index (Phi) is 4.59. The first-order valence-electron chi connectivity index (χ1n) is 9.96. The predicted octanol–water partition coefficient (Wildman–Crippen LogP) is 4.75. The number of nitrogens with one attached hydrogen (secondary N) is 2. The molecule has 150 valence electrons. The molecule has 0 aliphatic carbocycles. The van der Waals surface area contributed by atoms with Crippen molar-refractivity contribution in [1.82, 2.24) is 14.9 Å². The summed E-state index contributed by atoms with van der Waals surface area (Å²) in [6, 6.07) is 19.2. The van der Waals surface area contributed by atoms with Crippen LogP contribution in [0, 0.1) is 0 Å². The van der Waals surface area contributed by atoms with Gasteiger partial charge < -0.3 is 19.9 Å². The number of anilines is 1. The van der Waals surface area contributed by atoms with Crippen LogP contribution in [0.2, 0.25) is 0 Å². The molecule has 0 saturated carbocycles. The van der Waals surface area contributed by atoms with Crippen LogP contribution in [0.1, 0.15) is 22.9 Å². The van der Waals surface area contributed by atoms with Gasteiger partial charge in [0, 0.05) is 35.5 Å². The third-order valence-corrected chi connectivity index (χ3v) is 5.64. The Bertz CT molecular complexity index is 1200. The molecule has 3 heterocycles. The van der Waals surface area contributed by atoms with Crippen molar-refractivity contribution in [2.45, 2.75) is 12.5 Å². The number of para-hydroxylation sites is 3. The number of carbonyl (C=O) groups excluding carboxylic acids is 1. The topological polar surface area (TPSA) is 70.2 Å². The quantitative estimate of drug-likeness (QED) is 0.523. The molecule has 30 heavy (non-hydrogen) atoms. The van der Waals surface area contributed by atoms with Crippen LogP contribution < -0.4 is 10.1 Å². The first-order chi connectivity index (χ1) is 14.8. The SMILES string of the molecule is COc1ccccc1NC(=O)N1CCc2c([nH]c3ccccc23)[C@@H]1c1cccnc1. The highest BCUT2D eigenvalue weighted by molar-refractivity contribution is 5.92. The number of urea groups is 1. The molecule has 6 nitrogen and oxygen atoms in total. The fourth-order valence-corrected chi connectivity index (χ4v) is 4.28. The van der Waals surface area contributed by atoms with Gasteiger partial charge in [-0.3, -0.25) is 4.98 Å². The number of pyridine rings is 1.